The Morgan fingerprint density at radius 1 is 1.36 bits per heavy atom. The van der Waals surface area contributed by atoms with Gasteiger partial charge in [-0.3, -0.25) is 0 Å². The Balaban J connectivity index is 2.00. The molecule has 2 N–H and O–H groups in total. The summed E-state index contributed by atoms with van der Waals surface area (Å²) in [5.41, 5.74) is 7.02. The first-order valence-corrected chi connectivity index (χ1v) is 9.44. The molecular formula is C16H25N3O2S. The molecule has 1 fully saturated rings. The van der Waals surface area contributed by atoms with Crippen LogP contribution in [0, 0.1) is 5.92 Å². The predicted molar refractivity (Wildman–Crippen MR) is 89.5 cm³/mol. The zero-order chi connectivity index (χ0) is 16.2. The van der Waals surface area contributed by atoms with Gasteiger partial charge in [0.1, 0.15) is 0 Å². The third-order valence-corrected chi connectivity index (χ3v) is 5.82. The summed E-state index contributed by atoms with van der Waals surface area (Å²) in [5, 5.41) is 0. The van der Waals surface area contributed by atoms with Crippen LogP contribution in [0.15, 0.2) is 34.2 Å². The molecule has 0 aliphatic carbocycles. The minimum Gasteiger partial charge on any atom is -0.370 e. The topological polar surface area (TPSA) is 75.8 Å². The van der Waals surface area contributed by atoms with E-state index in [0.29, 0.717) is 23.3 Å². The van der Waals surface area contributed by atoms with Gasteiger partial charge in [0.25, 0.3) is 0 Å². The lowest BCUT2D eigenvalue weighted by atomic mass is 10.0. The van der Waals surface area contributed by atoms with E-state index in [1.165, 1.54) is 6.42 Å². The third kappa shape index (κ3) is 4.22. The first kappa shape index (κ1) is 16.8. The van der Waals surface area contributed by atoms with Gasteiger partial charge in [0.2, 0.25) is 0 Å². The van der Waals surface area contributed by atoms with Crippen LogP contribution in [-0.2, 0) is 16.4 Å². The molecule has 0 aromatic heterocycles. The summed E-state index contributed by atoms with van der Waals surface area (Å²) in [6.07, 6.45) is 2.40. The number of hydrogen-bond donors (Lipinski definition) is 1. The van der Waals surface area contributed by atoms with Crippen molar-refractivity contribution in [1.29, 1.82) is 0 Å². The smallest absolute Gasteiger partial charge is 0.191 e. The molecule has 2 rings (SSSR count). The summed E-state index contributed by atoms with van der Waals surface area (Å²) in [6.45, 7) is 6.28. The second-order valence-electron chi connectivity index (χ2n) is 5.92. The van der Waals surface area contributed by atoms with Crippen LogP contribution in [-0.4, -0.2) is 38.1 Å². The Hall–Kier alpha value is -1.56. The molecule has 1 aromatic carbocycles. The van der Waals surface area contributed by atoms with Crippen molar-refractivity contribution in [2.45, 2.75) is 38.1 Å². The minimum atomic E-state index is -3.14. The van der Waals surface area contributed by atoms with Crippen LogP contribution in [0.5, 0.6) is 0 Å². The van der Waals surface area contributed by atoms with E-state index < -0.39 is 9.84 Å². The molecule has 22 heavy (non-hydrogen) atoms. The van der Waals surface area contributed by atoms with Crippen LogP contribution >= 0.6 is 0 Å². The molecule has 6 heteroatoms. The molecule has 122 valence electrons. The number of nitrogens with two attached hydrogens (primary N) is 1. The minimum absolute atomic E-state index is 0.116. The maximum Gasteiger partial charge on any atom is 0.191 e. The van der Waals surface area contributed by atoms with Gasteiger partial charge in [-0.2, -0.15) is 0 Å². The first-order valence-electron chi connectivity index (χ1n) is 7.79. The van der Waals surface area contributed by atoms with Gasteiger partial charge < -0.3 is 10.6 Å². The molecular weight excluding hydrogens is 298 g/mol. The molecule has 1 saturated heterocycles. The van der Waals surface area contributed by atoms with E-state index in [4.69, 9.17) is 5.73 Å². The fourth-order valence-electron chi connectivity index (χ4n) is 2.64. The molecule has 0 amide bonds. The van der Waals surface area contributed by atoms with Crippen LogP contribution < -0.4 is 5.73 Å². The van der Waals surface area contributed by atoms with E-state index in [1.54, 1.807) is 31.2 Å². The molecule has 1 aromatic rings. The predicted octanol–water partition coefficient (Wildman–Crippen LogP) is 2.03. The molecule has 0 bridgehead atoms. The first-order chi connectivity index (χ1) is 10.4. The van der Waals surface area contributed by atoms with Crippen molar-refractivity contribution in [3.8, 4) is 0 Å². The van der Waals surface area contributed by atoms with Crippen LogP contribution in [0.3, 0.4) is 0 Å². The van der Waals surface area contributed by atoms with E-state index in [0.717, 1.165) is 25.1 Å². The number of hydrogen-bond acceptors (Lipinski definition) is 3. The van der Waals surface area contributed by atoms with Crippen molar-refractivity contribution in [2.24, 2.45) is 16.6 Å². The Labute approximate surface area is 133 Å². The summed E-state index contributed by atoms with van der Waals surface area (Å²) in [4.78, 5) is 6.93. The lowest BCUT2D eigenvalue weighted by molar-refractivity contribution is 0.270. The van der Waals surface area contributed by atoms with Gasteiger partial charge >= 0.3 is 0 Å². The number of guanidine groups is 1. The van der Waals surface area contributed by atoms with Crippen molar-refractivity contribution < 1.29 is 8.42 Å². The molecule has 5 nitrogen and oxygen atoms in total. The molecule has 1 aliphatic rings. The molecule has 1 aliphatic heterocycles. The number of sulfone groups is 1. The summed E-state index contributed by atoms with van der Waals surface area (Å²) in [7, 11) is -3.14. The number of rotatable bonds is 4. The highest BCUT2D eigenvalue weighted by Crippen LogP contribution is 2.16. The van der Waals surface area contributed by atoms with Gasteiger partial charge in [-0.25, -0.2) is 13.4 Å². The molecule has 0 saturated carbocycles. The second-order valence-corrected chi connectivity index (χ2v) is 8.19. The van der Waals surface area contributed by atoms with Crippen molar-refractivity contribution >= 4 is 15.8 Å². The molecule has 1 heterocycles. The summed E-state index contributed by atoms with van der Waals surface area (Å²) < 4.78 is 23.5. The van der Waals surface area contributed by atoms with Crippen LogP contribution in [0.2, 0.25) is 0 Å². The maximum atomic E-state index is 11.8. The van der Waals surface area contributed by atoms with E-state index in [1.807, 2.05) is 0 Å². The summed E-state index contributed by atoms with van der Waals surface area (Å²) >= 11 is 0. The monoisotopic (exact) mass is 323 g/mol. The molecule has 0 unspecified atom stereocenters. The average molecular weight is 323 g/mol. The van der Waals surface area contributed by atoms with E-state index in [9.17, 15) is 8.42 Å². The number of nitrogens with zero attached hydrogens (tertiary/aromatic N) is 2. The fraction of sp³-hybridized carbons (Fsp3) is 0.562. The van der Waals surface area contributed by atoms with Gasteiger partial charge in [0.15, 0.2) is 15.8 Å². The summed E-state index contributed by atoms with van der Waals surface area (Å²) in [5.74, 6) is 1.35. The number of benzene rings is 1. The van der Waals surface area contributed by atoms with Gasteiger partial charge in [0.05, 0.1) is 17.2 Å². The second kappa shape index (κ2) is 7.13. The van der Waals surface area contributed by atoms with Crippen molar-refractivity contribution in [2.75, 3.05) is 18.8 Å². The van der Waals surface area contributed by atoms with Gasteiger partial charge in [-0.05, 0) is 36.5 Å². The SMILES string of the molecule is CCS(=O)(=O)c1ccc(CN=C(N)N2CCC[C@H](C)C2)cc1. The van der Waals surface area contributed by atoms with E-state index in [2.05, 4.69) is 16.8 Å². The van der Waals surface area contributed by atoms with E-state index >= 15 is 0 Å². The molecule has 0 radical (unpaired) electrons. The average Bonchev–Trinajstić information content (AvgIpc) is 2.53. The van der Waals surface area contributed by atoms with Crippen molar-refractivity contribution in [3.63, 3.8) is 0 Å². The Morgan fingerprint density at radius 3 is 2.64 bits per heavy atom. The van der Waals surface area contributed by atoms with Crippen LogP contribution in [0.25, 0.3) is 0 Å². The maximum absolute atomic E-state index is 11.8. The van der Waals surface area contributed by atoms with Gasteiger partial charge in [-0.15, -0.1) is 0 Å². The standard InChI is InChI=1S/C16H25N3O2S/c1-3-22(20,21)15-8-6-14(7-9-15)11-18-16(17)19-10-4-5-13(2)12-19/h6-9,13H,3-5,10-12H2,1-2H3,(H2,17,18)/t13-/m0/s1. The Morgan fingerprint density at radius 2 is 2.05 bits per heavy atom. The fourth-order valence-corrected chi connectivity index (χ4v) is 3.52. The third-order valence-electron chi connectivity index (χ3n) is 4.07. The number of aliphatic imine (C=N–C) groups is 1. The van der Waals surface area contributed by atoms with Gasteiger partial charge in [-0.1, -0.05) is 26.0 Å². The zero-order valence-electron chi connectivity index (χ0n) is 13.3. The normalized spacial score (nSPS) is 20.2. The van der Waals surface area contributed by atoms with Crippen molar-refractivity contribution in [3.05, 3.63) is 29.8 Å². The molecule has 0 spiro atoms. The van der Waals surface area contributed by atoms with Gasteiger partial charge in [0, 0.05) is 13.1 Å². The molecule has 1 atom stereocenters. The quantitative estimate of drug-likeness (QED) is 0.679. The lowest BCUT2D eigenvalue weighted by Crippen LogP contribution is -2.43. The highest BCUT2D eigenvalue weighted by Gasteiger charge is 2.17. The lowest BCUT2D eigenvalue weighted by Gasteiger charge is -2.31. The van der Waals surface area contributed by atoms with Crippen LogP contribution in [0.4, 0.5) is 0 Å². The van der Waals surface area contributed by atoms with Crippen molar-refractivity contribution in [1.82, 2.24) is 4.90 Å². The Kier molecular flexibility index (Phi) is 5.45. The highest BCUT2D eigenvalue weighted by molar-refractivity contribution is 7.91. The number of piperidine rings is 1. The summed E-state index contributed by atoms with van der Waals surface area (Å²) in [6, 6.07) is 6.89. The number of likely N-dealkylation sites (tertiary alicyclic amines) is 1. The Bertz CT molecular complexity index is 623. The van der Waals surface area contributed by atoms with E-state index in [-0.39, 0.29) is 5.75 Å². The van der Waals surface area contributed by atoms with Crippen LogP contribution in [0.1, 0.15) is 32.3 Å². The zero-order valence-corrected chi connectivity index (χ0v) is 14.1. The largest absolute Gasteiger partial charge is 0.370 e. The highest BCUT2D eigenvalue weighted by atomic mass is 32.2.